The lowest BCUT2D eigenvalue weighted by atomic mass is 9.99. The number of nitrogens with zero attached hydrogens (tertiary/aromatic N) is 6. The molecule has 0 aliphatic rings. The van der Waals surface area contributed by atoms with Crippen LogP contribution in [0.25, 0.3) is 89.8 Å². The second-order valence-electron chi connectivity index (χ2n) is 12.7. The molecule has 10 aromatic rings. The summed E-state index contributed by atoms with van der Waals surface area (Å²) >= 11 is 0. The van der Waals surface area contributed by atoms with Gasteiger partial charge in [-0.3, -0.25) is 9.13 Å². The Labute approximate surface area is 300 Å². The third-order valence-electron chi connectivity index (χ3n) is 9.61. The smallest absolute Gasteiger partial charge is 0.238 e. The van der Waals surface area contributed by atoms with Crippen molar-refractivity contribution in [1.82, 2.24) is 29.1 Å². The molecule has 3 aromatic heterocycles. The summed E-state index contributed by atoms with van der Waals surface area (Å²) in [7, 11) is 0. The number of hydrogen-bond donors (Lipinski definition) is 0. The van der Waals surface area contributed by atoms with E-state index in [1.807, 2.05) is 66.7 Å². The minimum absolute atomic E-state index is 0.551. The lowest BCUT2D eigenvalue weighted by Gasteiger charge is -2.13. The van der Waals surface area contributed by atoms with Crippen molar-refractivity contribution in [2.45, 2.75) is 0 Å². The maximum absolute atomic E-state index is 5.56. The van der Waals surface area contributed by atoms with Gasteiger partial charge in [0.05, 0.1) is 22.1 Å². The molecule has 0 N–H and O–H groups in total. The molecule has 0 amide bonds. The first-order valence-corrected chi connectivity index (χ1v) is 17.3. The number of aromatic nitrogens is 6. The van der Waals surface area contributed by atoms with Gasteiger partial charge in [-0.1, -0.05) is 152 Å². The molecule has 0 unspecified atom stereocenters. The molecule has 0 bridgehead atoms. The molecule has 7 aromatic carbocycles. The van der Waals surface area contributed by atoms with E-state index in [1.165, 1.54) is 0 Å². The van der Waals surface area contributed by atoms with E-state index in [2.05, 4.69) is 124 Å². The highest BCUT2D eigenvalue weighted by Crippen LogP contribution is 2.41. The van der Waals surface area contributed by atoms with Gasteiger partial charge in [-0.2, -0.15) is 9.97 Å². The zero-order valence-corrected chi connectivity index (χ0v) is 28.0. The van der Waals surface area contributed by atoms with Gasteiger partial charge in [0, 0.05) is 33.2 Å². The molecule has 6 heteroatoms. The molecule has 0 saturated carbocycles. The summed E-state index contributed by atoms with van der Waals surface area (Å²) in [6.45, 7) is 0. The van der Waals surface area contributed by atoms with Crippen molar-refractivity contribution in [2.75, 3.05) is 0 Å². The maximum atomic E-state index is 5.56. The molecule has 0 spiro atoms. The average molecular weight is 667 g/mol. The van der Waals surface area contributed by atoms with Crippen LogP contribution in [0.3, 0.4) is 0 Å². The average Bonchev–Trinajstić information content (AvgIpc) is 3.78. The van der Waals surface area contributed by atoms with E-state index >= 15 is 0 Å². The fourth-order valence-corrected chi connectivity index (χ4v) is 7.27. The second-order valence-corrected chi connectivity index (χ2v) is 12.7. The van der Waals surface area contributed by atoms with Crippen LogP contribution in [0.5, 0.6) is 0 Å². The molecular weight excluding hydrogens is 637 g/mol. The van der Waals surface area contributed by atoms with Crippen molar-refractivity contribution in [3.63, 3.8) is 0 Å². The number of rotatable bonds is 6. The highest BCUT2D eigenvalue weighted by atomic mass is 15.2. The Balaban J connectivity index is 1.29. The van der Waals surface area contributed by atoms with Crippen molar-refractivity contribution in [1.29, 1.82) is 0 Å². The predicted octanol–water partition coefficient (Wildman–Crippen LogP) is 11.0. The van der Waals surface area contributed by atoms with Crippen LogP contribution in [0.1, 0.15) is 0 Å². The van der Waals surface area contributed by atoms with E-state index in [4.69, 9.17) is 19.9 Å². The molecule has 0 saturated heterocycles. The zero-order chi connectivity index (χ0) is 34.4. The summed E-state index contributed by atoms with van der Waals surface area (Å²) < 4.78 is 4.44. The largest absolute Gasteiger partial charge is 0.292 e. The molecule has 0 radical (unpaired) electrons. The standard InChI is InChI=1S/C46H30N6/c1-5-17-31(18-6-1)35-25-13-14-26-36(35)45-47-42-40(51(45)34-23-11-4-12-24-34)30-29-39-41(42)37-27-15-16-28-38(37)52(39)46-49-43(32-19-7-2-8-20-32)48-44(50-46)33-21-9-3-10-22-33/h1-30H. The third-order valence-corrected chi connectivity index (χ3v) is 9.61. The third kappa shape index (κ3) is 4.88. The number of imidazole rings is 1. The highest BCUT2D eigenvalue weighted by molar-refractivity contribution is 6.20. The van der Waals surface area contributed by atoms with Gasteiger partial charge in [0.1, 0.15) is 5.82 Å². The van der Waals surface area contributed by atoms with Crippen molar-refractivity contribution in [2.24, 2.45) is 0 Å². The zero-order valence-electron chi connectivity index (χ0n) is 28.0. The molecule has 52 heavy (non-hydrogen) atoms. The van der Waals surface area contributed by atoms with E-state index in [-0.39, 0.29) is 0 Å². The summed E-state index contributed by atoms with van der Waals surface area (Å²) in [5.74, 6) is 2.66. The summed E-state index contributed by atoms with van der Waals surface area (Å²) in [4.78, 5) is 20.8. The molecule has 0 fully saturated rings. The summed E-state index contributed by atoms with van der Waals surface area (Å²) in [5, 5.41) is 2.12. The van der Waals surface area contributed by atoms with Crippen LogP contribution in [0.15, 0.2) is 182 Å². The van der Waals surface area contributed by atoms with Gasteiger partial charge in [0.2, 0.25) is 5.95 Å². The molecule has 0 aliphatic heterocycles. The van der Waals surface area contributed by atoms with Crippen molar-refractivity contribution < 1.29 is 0 Å². The SMILES string of the molecule is c1ccc(-c2nc(-c3ccccc3)nc(-n3c4ccccc4c4c5nc(-c6ccccc6-c6ccccc6)n(-c6ccccc6)c5ccc43)n2)cc1. The van der Waals surface area contributed by atoms with Crippen LogP contribution in [-0.2, 0) is 0 Å². The maximum Gasteiger partial charge on any atom is 0.238 e. The lowest BCUT2D eigenvalue weighted by Crippen LogP contribution is -2.06. The van der Waals surface area contributed by atoms with E-state index in [0.717, 1.165) is 72.2 Å². The van der Waals surface area contributed by atoms with Gasteiger partial charge >= 0.3 is 0 Å². The van der Waals surface area contributed by atoms with Gasteiger partial charge < -0.3 is 0 Å². The molecule has 0 aliphatic carbocycles. The Bertz CT molecular complexity index is 2820. The number of para-hydroxylation sites is 2. The van der Waals surface area contributed by atoms with Gasteiger partial charge in [-0.15, -0.1) is 0 Å². The number of hydrogen-bond acceptors (Lipinski definition) is 4. The van der Waals surface area contributed by atoms with Gasteiger partial charge in [0.15, 0.2) is 11.6 Å². The van der Waals surface area contributed by atoms with Crippen LogP contribution >= 0.6 is 0 Å². The monoisotopic (exact) mass is 666 g/mol. The van der Waals surface area contributed by atoms with Crippen LogP contribution in [0.2, 0.25) is 0 Å². The van der Waals surface area contributed by atoms with Crippen LogP contribution < -0.4 is 0 Å². The number of benzene rings is 7. The van der Waals surface area contributed by atoms with E-state index in [1.54, 1.807) is 0 Å². The summed E-state index contributed by atoms with van der Waals surface area (Å²) in [6.07, 6.45) is 0. The van der Waals surface area contributed by atoms with Gasteiger partial charge in [-0.05, 0) is 41.5 Å². The van der Waals surface area contributed by atoms with Gasteiger partial charge in [0.25, 0.3) is 0 Å². The van der Waals surface area contributed by atoms with Crippen molar-refractivity contribution in [3.8, 4) is 56.9 Å². The van der Waals surface area contributed by atoms with E-state index < -0.39 is 0 Å². The van der Waals surface area contributed by atoms with Crippen LogP contribution in [-0.4, -0.2) is 29.1 Å². The Morgan fingerprint density at radius 3 is 1.52 bits per heavy atom. The number of fused-ring (bicyclic) bond motifs is 5. The first-order valence-electron chi connectivity index (χ1n) is 17.3. The predicted molar refractivity (Wildman–Crippen MR) is 211 cm³/mol. The lowest BCUT2D eigenvalue weighted by molar-refractivity contribution is 0.953. The molecule has 244 valence electrons. The Kier molecular flexibility index (Phi) is 7.03. The Morgan fingerprint density at radius 1 is 0.346 bits per heavy atom. The summed E-state index contributed by atoms with van der Waals surface area (Å²) in [6, 6.07) is 62.5. The minimum Gasteiger partial charge on any atom is -0.292 e. The van der Waals surface area contributed by atoms with Crippen molar-refractivity contribution >= 4 is 32.8 Å². The fraction of sp³-hybridized carbons (Fsp3) is 0. The molecular formula is C46H30N6. The Hall–Kier alpha value is -7.18. The normalized spacial score (nSPS) is 11.5. The molecule has 6 nitrogen and oxygen atoms in total. The fourth-order valence-electron chi connectivity index (χ4n) is 7.27. The molecule has 3 heterocycles. The second kappa shape index (κ2) is 12.3. The topological polar surface area (TPSA) is 61.4 Å². The molecule has 10 rings (SSSR count). The van der Waals surface area contributed by atoms with E-state index in [9.17, 15) is 0 Å². The summed E-state index contributed by atoms with van der Waals surface area (Å²) in [5.41, 5.74) is 10.1. The first kappa shape index (κ1) is 29.7. The van der Waals surface area contributed by atoms with Crippen molar-refractivity contribution in [3.05, 3.63) is 182 Å². The molecule has 0 atom stereocenters. The Morgan fingerprint density at radius 2 is 0.865 bits per heavy atom. The van der Waals surface area contributed by atoms with E-state index in [0.29, 0.717) is 17.6 Å². The van der Waals surface area contributed by atoms with Crippen LogP contribution in [0, 0.1) is 0 Å². The highest BCUT2D eigenvalue weighted by Gasteiger charge is 2.24. The van der Waals surface area contributed by atoms with Crippen LogP contribution in [0.4, 0.5) is 0 Å². The van der Waals surface area contributed by atoms with Gasteiger partial charge in [-0.25, -0.2) is 9.97 Å². The first-order chi connectivity index (χ1) is 25.8. The quantitative estimate of drug-likeness (QED) is 0.177. The minimum atomic E-state index is 0.551.